The molecule has 1 aromatic heterocycles. The smallest absolute Gasteiger partial charge is 0.195 e. The fourth-order valence-corrected chi connectivity index (χ4v) is 3.87. The molecule has 0 radical (unpaired) electrons. The van der Waals surface area contributed by atoms with E-state index in [9.17, 15) is 4.79 Å². The summed E-state index contributed by atoms with van der Waals surface area (Å²) in [4.78, 5) is 15.2. The molecular weight excluding hydrogens is 342 g/mol. The molecule has 0 N–H and O–H groups in total. The van der Waals surface area contributed by atoms with Crippen LogP contribution in [0.15, 0.2) is 36.4 Å². The number of carbonyl (C=O) groups is 1. The van der Waals surface area contributed by atoms with Crippen LogP contribution in [0.4, 0.5) is 0 Å². The molecule has 0 unspecified atom stereocenters. The number of thiophene rings is 1. The first-order chi connectivity index (χ1) is 11.7. The molecule has 0 amide bonds. The first-order valence-electron chi connectivity index (χ1n) is 8.03. The lowest BCUT2D eigenvalue weighted by Crippen LogP contribution is -2.18. The molecule has 1 fully saturated rings. The van der Waals surface area contributed by atoms with Crippen molar-refractivity contribution in [1.82, 2.24) is 4.90 Å². The van der Waals surface area contributed by atoms with Crippen molar-refractivity contribution in [3.63, 3.8) is 0 Å². The number of allylic oxidation sites excluding steroid dienone is 1. The number of hydrogen-bond acceptors (Lipinski definition) is 4. The van der Waals surface area contributed by atoms with Crippen molar-refractivity contribution in [2.75, 3.05) is 20.2 Å². The van der Waals surface area contributed by atoms with Gasteiger partial charge < -0.3 is 4.74 Å². The first-order valence-corrected chi connectivity index (χ1v) is 9.22. The predicted octanol–water partition coefficient (Wildman–Crippen LogP) is 4.90. The molecule has 5 heteroatoms. The van der Waals surface area contributed by atoms with E-state index >= 15 is 0 Å². The van der Waals surface area contributed by atoms with Crippen molar-refractivity contribution in [1.29, 1.82) is 0 Å². The average Bonchev–Trinajstić information content (AvgIpc) is 3.24. The minimum Gasteiger partial charge on any atom is -0.496 e. The molecule has 3 nitrogen and oxygen atoms in total. The van der Waals surface area contributed by atoms with E-state index in [0.717, 1.165) is 36.5 Å². The zero-order chi connectivity index (χ0) is 16.9. The maximum absolute atomic E-state index is 12.2. The lowest BCUT2D eigenvalue weighted by Gasteiger charge is -2.17. The fraction of sp³-hybridized carbons (Fsp3) is 0.316. The molecule has 0 aliphatic carbocycles. The van der Waals surface area contributed by atoms with Gasteiger partial charge in [-0.25, -0.2) is 0 Å². The Morgan fingerprint density at radius 3 is 2.75 bits per heavy atom. The van der Waals surface area contributed by atoms with Crippen LogP contribution in [-0.4, -0.2) is 30.9 Å². The molecule has 1 aliphatic heterocycles. The molecule has 0 atom stereocenters. The van der Waals surface area contributed by atoms with Crippen LogP contribution in [0.25, 0.3) is 6.08 Å². The number of rotatable bonds is 6. The van der Waals surface area contributed by atoms with Crippen LogP contribution in [0, 0.1) is 0 Å². The van der Waals surface area contributed by atoms with E-state index in [0.29, 0.717) is 9.21 Å². The Bertz CT molecular complexity index is 748. The van der Waals surface area contributed by atoms with Crippen LogP contribution in [-0.2, 0) is 6.54 Å². The monoisotopic (exact) mass is 361 g/mol. The number of halogens is 1. The third-order valence-corrected chi connectivity index (χ3v) is 5.39. The van der Waals surface area contributed by atoms with Gasteiger partial charge in [0.05, 0.1) is 16.3 Å². The molecular formula is C19H20ClNO2S. The van der Waals surface area contributed by atoms with E-state index < -0.39 is 0 Å². The number of hydrogen-bond donors (Lipinski definition) is 0. The van der Waals surface area contributed by atoms with E-state index in [1.165, 1.54) is 24.2 Å². The van der Waals surface area contributed by atoms with E-state index in [4.69, 9.17) is 16.3 Å². The topological polar surface area (TPSA) is 29.5 Å². The summed E-state index contributed by atoms with van der Waals surface area (Å²) in [5.74, 6) is 0.874. The number of methoxy groups -OCH3 is 1. The van der Waals surface area contributed by atoms with E-state index in [-0.39, 0.29) is 5.78 Å². The van der Waals surface area contributed by atoms with Crippen LogP contribution in [0.3, 0.4) is 0 Å². The Morgan fingerprint density at radius 2 is 2.08 bits per heavy atom. The van der Waals surface area contributed by atoms with Crippen molar-refractivity contribution in [2.45, 2.75) is 19.4 Å². The number of carbonyl (C=O) groups excluding carboxylic acids is 1. The fourth-order valence-electron chi connectivity index (χ4n) is 2.91. The summed E-state index contributed by atoms with van der Waals surface area (Å²) in [6.45, 7) is 3.17. The Labute approximate surface area is 151 Å². The third-order valence-electron chi connectivity index (χ3n) is 4.14. The Kier molecular flexibility index (Phi) is 5.72. The summed E-state index contributed by atoms with van der Waals surface area (Å²) < 4.78 is 6.11. The minimum atomic E-state index is -0.0242. The largest absolute Gasteiger partial charge is 0.496 e. The maximum atomic E-state index is 12.2. The summed E-state index contributed by atoms with van der Waals surface area (Å²) in [5.41, 5.74) is 2.16. The van der Waals surface area contributed by atoms with Gasteiger partial charge in [0.2, 0.25) is 0 Å². The lowest BCUT2D eigenvalue weighted by atomic mass is 10.1. The highest BCUT2D eigenvalue weighted by atomic mass is 35.5. The molecule has 1 aliphatic rings. The standard InChI is InChI=1S/C19H20ClNO2S/c1-23-17-7-5-14(12-15(17)13-21-10-2-3-11-21)4-6-16(22)18-8-9-19(20)24-18/h4-9,12H,2-3,10-11,13H2,1H3/b6-4+. The Balaban J connectivity index is 1.75. The molecule has 1 saturated heterocycles. The van der Waals surface area contributed by atoms with Crippen LogP contribution in [0.2, 0.25) is 4.34 Å². The molecule has 126 valence electrons. The van der Waals surface area contributed by atoms with Gasteiger partial charge in [0.15, 0.2) is 5.78 Å². The first kappa shape index (κ1) is 17.2. The minimum absolute atomic E-state index is 0.0242. The van der Waals surface area contributed by atoms with Crippen molar-refractivity contribution in [2.24, 2.45) is 0 Å². The van der Waals surface area contributed by atoms with Gasteiger partial charge in [0, 0.05) is 12.1 Å². The molecule has 0 spiro atoms. The highest BCUT2D eigenvalue weighted by molar-refractivity contribution is 7.18. The number of benzene rings is 1. The molecule has 0 bridgehead atoms. The second-order valence-electron chi connectivity index (χ2n) is 5.86. The number of ether oxygens (including phenoxy) is 1. The van der Waals surface area contributed by atoms with Crippen molar-refractivity contribution >= 4 is 34.8 Å². The molecule has 3 rings (SSSR count). The molecule has 24 heavy (non-hydrogen) atoms. The van der Waals surface area contributed by atoms with Gasteiger partial charge in [-0.1, -0.05) is 23.7 Å². The van der Waals surface area contributed by atoms with Gasteiger partial charge >= 0.3 is 0 Å². The van der Waals surface area contributed by atoms with Gasteiger partial charge in [0.25, 0.3) is 0 Å². The quantitative estimate of drug-likeness (QED) is 0.541. The number of likely N-dealkylation sites (tertiary alicyclic amines) is 1. The second kappa shape index (κ2) is 7.97. The highest BCUT2D eigenvalue weighted by Crippen LogP contribution is 2.25. The lowest BCUT2D eigenvalue weighted by molar-refractivity contribution is 0.105. The van der Waals surface area contributed by atoms with Gasteiger partial charge in [0.1, 0.15) is 5.75 Å². The predicted molar refractivity (Wildman–Crippen MR) is 100 cm³/mol. The second-order valence-corrected chi connectivity index (χ2v) is 7.57. The normalized spacial score (nSPS) is 15.2. The van der Waals surface area contributed by atoms with Crippen LogP contribution >= 0.6 is 22.9 Å². The number of nitrogens with zero attached hydrogens (tertiary/aromatic N) is 1. The van der Waals surface area contributed by atoms with E-state index in [2.05, 4.69) is 11.0 Å². The summed E-state index contributed by atoms with van der Waals surface area (Å²) in [6.07, 6.45) is 5.98. The Morgan fingerprint density at radius 1 is 1.29 bits per heavy atom. The van der Waals surface area contributed by atoms with Crippen LogP contribution in [0.1, 0.15) is 33.6 Å². The highest BCUT2D eigenvalue weighted by Gasteiger charge is 2.14. The molecule has 0 saturated carbocycles. The SMILES string of the molecule is COc1ccc(/C=C/C(=O)c2ccc(Cl)s2)cc1CN1CCCC1. The molecule has 2 heterocycles. The third kappa shape index (κ3) is 4.26. The van der Waals surface area contributed by atoms with E-state index in [1.54, 1.807) is 25.3 Å². The van der Waals surface area contributed by atoms with Gasteiger partial charge in [-0.2, -0.15) is 0 Å². The Hall–Kier alpha value is -1.62. The van der Waals surface area contributed by atoms with Gasteiger partial charge in [-0.05, 0) is 61.8 Å². The van der Waals surface area contributed by atoms with E-state index in [1.807, 2.05) is 18.2 Å². The van der Waals surface area contributed by atoms with Crippen molar-refractivity contribution < 1.29 is 9.53 Å². The van der Waals surface area contributed by atoms with Crippen LogP contribution in [0.5, 0.6) is 5.75 Å². The molecule has 1 aromatic carbocycles. The van der Waals surface area contributed by atoms with Crippen molar-refractivity contribution in [3.05, 3.63) is 56.7 Å². The summed E-state index contributed by atoms with van der Waals surface area (Å²) >= 11 is 7.18. The summed E-state index contributed by atoms with van der Waals surface area (Å²) in [7, 11) is 1.70. The maximum Gasteiger partial charge on any atom is 0.195 e. The average molecular weight is 362 g/mol. The van der Waals surface area contributed by atoms with Crippen LogP contribution < -0.4 is 4.74 Å². The zero-order valence-corrected chi connectivity index (χ0v) is 15.2. The van der Waals surface area contributed by atoms with Gasteiger partial charge in [-0.15, -0.1) is 11.3 Å². The number of ketones is 1. The zero-order valence-electron chi connectivity index (χ0n) is 13.6. The van der Waals surface area contributed by atoms with Gasteiger partial charge in [-0.3, -0.25) is 9.69 Å². The summed E-state index contributed by atoms with van der Waals surface area (Å²) in [6, 6.07) is 9.54. The van der Waals surface area contributed by atoms with Crippen molar-refractivity contribution in [3.8, 4) is 5.75 Å². The summed E-state index contributed by atoms with van der Waals surface area (Å²) in [5, 5.41) is 0. The molecule has 2 aromatic rings.